The number of aromatic hydroxyl groups is 1. The van der Waals surface area contributed by atoms with Crippen LogP contribution in [0.4, 0.5) is 0 Å². The van der Waals surface area contributed by atoms with Gasteiger partial charge in [0, 0.05) is 16.7 Å². The molecule has 0 heterocycles. The maximum Gasteiger partial charge on any atom is 0.335 e. The van der Waals surface area contributed by atoms with Crippen LogP contribution >= 0.6 is 0 Å². The van der Waals surface area contributed by atoms with Gasteiger partial charge in [0.15, 0.2) is 5.78 Å². The number of phenols is 1. The van der Waals surface area contributed by atoms with Gasteiger partial charge >= 0.3 is 11.9 Å². The normalized spacial score (nSPS) is 10.2. The summed E-state index contributed by atoms with van der Waals surface area (Å²) in [7, 11) is 0. The second-order valence-corrected chi connectivity index (χ2v) is 4.63. The third-order valence-electron chi connectivity index (χ3n) is 3.06. The lowest BCUT2D eigenvalue weighted by Crippen LogP contribution is -2.06. The zero-order chi connectivity index (χ0) is 16.3. The van der Waals surface area contributed by atoms with Crippen LogP contribution in [-0.2, 0) is 11.2 Å². The molecule has 0 saturated heterocycles. The summed E-state index contributed by atoms with van der Waals surface area (Å²) in [6, 6.07) is 9.43. The molecule has 6 heteroatoms. The molecule has 0 amide bonds. The third-order valence-corrected chi connectivity index (χ3v) is 3.06. The van der Waals surface area contributed by atoms with E-state index in [1.807, 2.05) is 0 Å². The third kappa shape index (κ3) is 3.29. The molecule has 0 atom stereocenters. The summed E-state index contributed by atoms with van der Waals surface area (Å²) in [5.74, 6) is -2.94. The summed E-state index contributed by atoms with van der Waals surface area (Å²) in [6.07, 6.45) is -0.415. The second kappa shape index (κ2) is 6.09. The highest BCUT2D eigenvalue weighted by Crippen LogP contribution is 2.21. The Bertz CT molecular complexity index is 763. The van der Waals surface area contributed by atoms with E-state index in [-0.39, 0.29) is 28.0 Å². The minimum Gasteiger partial charge on any atom is -0.508 e. The van der Waals surface area contributed by atoms with Crippen molar-refractivity contribution in [2.45, 2.75) is 6.42 Å². The van der Waals surface area contributed by atoms with E-state index in [0.717, 1.165) is 0 Å². The molecular weight excluding hydrogens is 288 g/mol. The lowest BCUT2D eigenvalue weighted by atomic mass is 9.98. The Hall–Kier alpha value is -3.15. The molecule has 2 aromatic rings. The van der Waals surface area contributed by atoms with Gasteiger partial charge in [-0.25, -0.2) is 4.79 Å². The first kappa shape index (κ1) is 15.2. The summed E-state index contributed by atoms with van der Waals surface area (Å²) >= 11 is 0. The van der Waals surface area contributed by atoms with Crippen LogP contribution < -0.4 is 0 Å². The SMILES string of the molecule is O=C(O)Cc1cc(C(=O)c2cccc(C(=O)O)c2)ccc1O. The maximum atomic E-state index is 12.3. The fourth-order valence-corrected chi connectivity index (χ4v) is 1.99. The number of carbonyl (C=O) groups is 3. The van der Waals surface area contributed by atoms with Crippen LogP contribution in [0, 0.1) is 0 Å². The molecule has 0 aromatic heterocycles. The van der Waals surface area contributed by atoms with Crippen molar-refractivity contribution in [2.75, 3.05) is 0 Å². The van der Waals surface area contributed by atoms with Crippen molar-refractivity contribution >= 4 is 17.7 Å². The predicted octanol–water partition coefficient (Wildman–Crippen LogP) is 1.95. The minimum atomic E-state index is -1.15. The van der Waals surface area contributed by atoms with Gasteiger partial charge in [-0.2, -0.15) is 0 Å². The molecule has 22 heavy (non-hydrogen) atoms. The number of carboxylic acid groups (broad SMARTS) is 2. The van der Waals surface area contributed by atoms with Gasteiger partial charge in [0.05, 0.1) is 12.0 Å². The molecule has 0 aliphatic heterocycles. The maximum absolute atomic E-state index is 12.3. The Morgan fingerprint density at radius 3 is 2.14 bits per heavy atom. The summed E-state index contributed by atoms with van der Waals surface area (Å²) < 4.78 is 0. The summed E-state index contributed by atoms with van der Waals surface area (Å²) in [6.45, 7) is 0. The zero-order valence-corrected chi connectivity index (χ0v) is 11.3. The average molecular weight is 300 g/mol. The Labute approximate surface area is 125 Å². The van der Waals surface area contributed by atoms with Gasteiger partial charge < -0.3 is 15.3 Å². The topological polar surface area (TPSA) is 112 Å². The molecule has 2 rings (SSSR count). The van der Waals surface area contributed by atoms with E-state index in [9.17, 15) is 19.5 Å². The second-order valence-electron chi connectivity index (χ2n) is 4.63. The fourth-order valence-electron chi connectivity index (χ4n) is 1.99. The van der Waals surface area contributed by atoms with Crippen LogP contribution in [0.25, 0.3) is 0 Å². The average Bonchev–Trinajstić information content (AvgIpc) is 2.48. The molecule has 0 spiro atoms. The van der Waals surface area contributed by atoms with Gasteiger partial charge in [0.2, 0.25) is 0 Å². The van der Waals surface area contributed by atoms with E-state index >= 15 is 0 Å². The van der Waals surface area contributed by atoms with E-state index in [0.29, 0.717) is 0 Å². The van der Waals surface area contributed by atoms with Crippen molar-refractivity contribution in [3.05, 3.63) is 64.7 Å². The van der Waals surface area contributed by atoms with Gasteiger partial charge in [0.1, 0.15) is 5.75 Å². The molecule has 0 aliphatic carbocycles. The molecule has 6 nitrogen and oxygen atoms in total. The van der Waals surface area contributed by atoms with Crippen LogP contribution in [0.2, 0.25) is 0 Å². The summed E-state index contributed by atoms with van der Waals surface area (Å²) in [4.78, 5) is 34.0. The van der Waals surface area contributed by atoms with Crippen LogP contribution in [0.5, 0.6) is 5.75 Å². The number of hydrogen-bond acceptors (Lipinski definition) is 4. The standard InChI is InChI=1S/C16H12O6/c17-13-5-4-10(7-12(13)8-14(18)19)15(20)9-2-1-3-11(6-9)16(21)22/h1-7,17H,8H2,(H,18,19)(H,21,22). The van der Waals surface area contributed by atoms with Crippen molar-refractivity contribution in [1.82, 2.24) is 0 Å². The molecule has 0 unspecified atom stereocenters. The molecule has 0 saturated carbocycles. The Balaban J connectivity index is 2.39. The van der Waals surface area contributed by atoms with E-state index in [1.165, 1.54) is 42.5 Å². The Morgan fingerprint density at radius 1 is 0.864 bits per heavy atom. The van der Waals surface area contributed by atoms with Gasteiger partial charge in [-0.05, 0) is 30.3 Å². The Kier molecular flexibility index (Phi) is 4.22. The first-order valence-corrected chi connectivity index (χ1v) is 6.30. The summed E-state index contributed by atoms with van der Waals surface area (Å²) in [5.41, 5.74) is 0.451. The predicted molar refractivity (Wildman–Crippen MR) is 76.3 cm³/mol. The highest BCUT2D eigenvalue weighted by atomic mass is 16.4. The van der Waals surface area contributed by atoms with E-state index < -0.39 is 24.1 Å². The largest absolute Gasteiger partial charge is 0.508 e. The van der Waals surface area contributed by atoms with E-state index in [2.05, 4.69) is 0 Å². The minimum absolute atomic E-state index is 0.0182. The van der Waals surface area contributed by atoms with Crippen molar-refractivity contribution in [3.63, 3.8) is 0 Å². The van der Waals surface area contributed by atoms with Gasteiger partial charge in [-0.1, -0.05) is 12.1 Å². The van der Waals surface area contributed by atoms with Crippen molar-refractivity contribution in [1.29, 1.82) is 0 Å². The molecule has 0 bridgehead atoms. The van der Waals surface area contributed by atoms with Crippen LogP contribution in [-0.4, -0.2) is 33.0 Å². The number of phenolic OH excluding ortho intramolecular Hbond substituents is 1. The number of aromatic carboxylic acids is 1. The number of aliphatic carboxylic acids is 1. The van der Waals surface area contributed by atoms with E-state index in [1.54, 1.807) is 0 Å². The van der Waals surface area contributed by atoms with Gasteiger partial charge in [-0.15, -0.1) is 0 Å². The molecule has 0 aliphatic rings. The van der Waals surface area contributed by atoms with Crippen molar-refractivity contribution in [3.8, 4) is 5.75 Å². The van der Waals surface area contributed by atoms with Crippen molar-refractivity contribution in [2.24, 2.45) is 0 Å². The van der Waals surface area contributed by atoms with Crippen LogP contribution in [0.15, 0.2) is 42.5 Å². The molecule has 0 fully saturated rings. The van der Waals surface area contributed by atoms with Gasteiger partial charge in [0.25, 0.3) is 0 Å². The highest BCUT2D eigenvalue weighted by Gasteiger charge is 2.15. The first-order valence-electron chi connectivity index (χ1n) is 6.30. The lowest BCUT2D eigenvalue weighted by Gasteiger charge is -2.06. The molecular formula is C16H12O6. The number of ketones is 1. The monoisotopic (exact) mass is 300 g/mol. The van der Waals surface area contributed by atoms with Crippen LogP contribution in [0.3, 0.4) is 0 Å². The Morgan fingerprint density at radius 2 is 1.50 bits per heavy atom. The number of benzene rings is 2. The molecule has 2 aromatic carbocycles. The van der Waals surface area contributed by atoms with E-state index in [4.69, 9.17) is 10.2 Å². The highest BCUT2D eigenvalue weighted by molar-refractivity contribution is 6.10. The van der Waals surface area contributed by atoms with Crippen LogP contribution in [0.1, 0.15) is 31.8 Å². The lowest BCUT2D eigenvalue weighted by molar-refractivity contribution is -0.136. The number of carbonyl (C=O) groups excluding carboxylic acids is 1. The molecule has 3 N–H and O–H groups in total. The molecule has 112 valence electrons. The number of hydrogen-bond donors (Lipinski definition) is 3. The fraction of sp³-hybridized carbons (Fsp3) is 0.0625. The smallest absolute Gasteiger partial charge is 0.335 e. The van der Waals surface area contributed by atoms with Crippen molar-refractivity contribution < 1.29 is 29.7 Å². The zero-order valence-electron chi connectivity index (χ0n) is 11.3. The van der Waals surface area contributed by atoms with Gasteiger partial charge in [-0.3, -0.25) is 9.59 Å². The number of rotatable bonds is 5. The first-order chi connectivity index (χ1) is 10.4. The summed E-state index contributed by atoms with van der Waals surface area (Å²) in [5, 5.41) is 27.3. The number of carboxylic acids is 2. The quantitative estimate of drug-likeness (QED) is 0.728. The molecule has 0 radical (unpaired) electrons.